The number of rotatable bonds is 3. The van der Waals surface area contributed by atoms with Crippen LogP contribution in [0.4, 0.5) is 0 Å². The molecule has 1 N–H and O–H groups in total. The van der Waals surface area contributed by atoms with Crippen molar-refractivity contribution in [1.82, 2.24) is 10.2 Å². The second-order valence-corrected chi connectivity index (χ2v) is 4.10. The number of aliphatic hydroxyl groups is 1. The second kappa shape index (κ2) is 3.69. The predicted octanol–water partition coefficient (Wildman–Crippen LogP) is 2.03. The molecule has 1 fully saturated rings. The van der Waals surface area contributed by atoms with Gasteiger partial charge >= 0.3 is 0 Å². The lowest BCUT2D eigenvalue weighted by atomic mass is 9.73. The zero-order valence-corrected chi connectivity index (χ0v) is 8.60. The van der Waals surface area contributed by atoms with Gasteiger partial charge in [-0.05, 0) is 25.7 Å². The molecule has 2 rings (SSSR count). The summed E-state index contributed by atoms with van der Waals surface area (Å²) in [7, 11) is 0. The Bertz CT molecular complexity index is 303. The van der Waals surface area contributed by atoms with Gasteiger partial charge in [-0.1, -0.05) is 13.3 Å². The maximum Gasteiger partial charge on any atom is 0.244 e. The lowest BCUT2D eigenvalue weighted by Gasteiger charge is -2.31. The van der Waals surface area contributed by atoms with E-state index in [1.54, 1.807) is 6.92 Å². The molecule has 14 heavy (non-hydrogen) atoms. The second-order valence-electron chi connectivity index (χ2n) is 4.10. The molecule has 4 nitrogen and oxygen atoms in total. The van der Waals surface area contributed by atoms with Gasteiger partial charge in [0.25, 0.3) is 0 Å². The summed E-state index contributed by atoms with van der Waals surface area (Å²) in [6, 6.07) is 0. The van der Waals surface area contributed by atoms with Crippen LogP contribution >= 0.6 is 0 Å². The largest absolute Gasteiger partial charge is 0.422 e. The lowest BCUT2D eigenvalue weighted by Crippen LogP contribution is -2.21. The molecular weight excluding hydrogens is 180 g/mol. The molecule has 1 atom stereocenters. The van der Waals surface area contributed by atoms with E-state index in [2.05, 4.69) is 17.1 Å². The molecule has 1 aromatic heterocycles. The standard InChI is InChI=1S/C10H16N2O2/c1-3-7-4-8(5-7)10-12-11-9(14-10)6(2)13/h6-8,13H,3-5H2,1-2H3/t6-,7?,8?/m1/s1. The van der Waals surface area contributed by atoms with Gasteiger partial charge in [-0.2, -0.15) is 0 Å². The van der Waals surface area contributed by atoms with Crippen LogP contribution in [0.25, 0.3) is 0 Å². The number of hydrogen-bond acceptors (Lipinski definition) is 4. The third-order valence-corrected chi connectivity index (χ3v) is 2.98. The van der Waals surface area contributed by atoms with E-state index >= 15 is 0 Å². The Hall–Kier alpha value is -0.900. The Kier molecular flexibility index (Phi) is 2.54. The van der Waals surface area contributed by atoms with Gasteiger partial charge in [-0.15, -0.1) is 10.2 Å². The molecule has 1 aromatic rings. The quantitative estimate of drug-likeness (QED) is 0.803. The molecule has 0 aliphatic heterocycles. The van der Waals surface area contributed by atoms with Gasteiger partial charge in [-0.25, -0.2) is 0 Å². The van der Waals surface area contributed by atoms with E-state index in [1.165, 1.54) is 6.42 Å². The molecule has 0 unspecified atom stereocenters. The maximum atomic E-state index is 9.21. The van der Waals surface area contributed by atoms with E-state index < -0.39 is 6.10 Å². The molecule has 0 amide bonds. The van der Waals surface area contributed by atoms with Gasteiger partial charge in [0.2, 0.25) is 11.8 Å². The van der Waals surface area contributed by atoms with E-state index in [1.807, 2.05) is 0 Å². The van der Waals surface area contributed by atoms with Crippen LogP contribution in [0.2, 0.25) is 0 Å². The average molecular weight is 196 g/mol. The van der Waals surface area contributed by atoms with Crippen molar-refractivity contribution in [3.05, 3.63) is 11.8 Å². The van der Waals surface area contributed by atoms with Gasteiger partial charge in [0.1, 0.15) is 6.10 Å². The lowest BCUT2D eigenvalue weighted by molar-refractivity contribution is 0.152. The van der Waals surface area contributed by atoms with Crippen LogP contribution in [-0.2, 0) is 0 Å². The Morgan fingerprint density at radius 1 is 1.50 bits per heavy atom. The highest BCUT2D eigenvalue weighted by atomic mass is 16.4. The van der Waals surface area contributed by atoms with Crippen LogP contribution in [0.15, 0.2) is 4.42 Å². The predicted molar refractivity (Wildman–Crippen MR) is 50.7 cm³/mol. The summed E-state index contributed by atoms with van der Waals surface area (Å²) in [5.41, 5.74) is 0. The zero-order chi connectivity index (χ0) is 10.1. The minimum atomic E-state index is -0.654. The maximum absolute atomic E-state index is 9.21. The summed E-state index contributed by atoms with van der Waals surface area (Å²) in [4.78, 5) is 0. The van der Waals surface area contributed by atoms with Gasteiger partial charge in [0, 0.05) is 5.92 Å². The van der Waals surface area contributed by atoms with Crippen LogP contribution in [0.3, 0.4) is 0 Å². The highest BCUT2D eigenvalue weighted by Gasteiger charge is 2.33. The van der Waals surface area contributed by atoms with E-state index in [-0.39, 0.29) is 0 Å². The number of nitrogens with zero attached hydrogens (tertiary/aromatic N) is 2. The molecule has 0 radical (unpaired) electrons. The fourth-order valence-electron chi connectivity index (χ4n) is 1.85. The van der Waals surface area contributed by atoms with Crippen LogP contribution < -0.4 is 0 Å². The minimum absolute atomic E-state index is 0.333. The van der Waals surface area contributed by atoms with Crippen molar-refractivity contribution in [2.45, 2.75) is 45.1 Å². The van der Waals surface area contributed by atoms with Gasteiger partial charge in [-0.3, -0.25) is 0 Å². The molecule has 1 heterocycles. The van der Waals surface area contributed by atoms with Crippen molar-refractivity contribution in [3.63, 3.8) is 0 Å². The third-order valence-electron chi connectivity index (χ3n) is 2.98. The molecule has 0 bridgehead atoms. The van der Waals surface area contributed by atoms with E-state index in [4.69, 9.17) is 4.42 Å². The Morgan fingerprint density at radius 3 is 2.71 bits per heavy atom. The molecule has 78 valence electrons. The van der Waals surface area contributed by atoms with Crippen molar-refractivity contribution in [2.75, 3.05) is 0 Å². The molecule has 0 spiro atoms. The number of aromatic nitrogens is 2. The van der Waals surface area contributed by atoms with Crippen molar-refractivity contribution >= 4 is 0 Å². The first-order valence-corrected chi connectivity index (χ1v) is 5.22. The SMILES string of the molecule is CCC1CC(c2nnc([C@@H](C)O)o2)C1. The van der Waals surface area contributed by atoms with E-state index in [9.17, 15) is 5.11 Å². The molecule has 0 saturated heterocycles. The van der Waals surface area contributed by atoms with Crippen molar-refractivity contribution in [3.8, 4) is 0 Å². The number of hydrogen-bond donors (Lipinski definition) is 1. The van der Waals surface area contributed by atoms with Crippen molar-refractivity contribution < 1.29 is 9.52 Å². The fraction of sp³-hybridized carbons (Fsp3) is 0.800. The fourth-order valence-corrected chi connectivity index (χ4v) is 1.85. The third kappa shape index (κ3) is 1.66. The highest BCUT2D eigenvalue weighted by Crippen LogP contribution is 2.42. The van der Waals surface area contributed by atoms with Crippen LogP contribution in [0.5, 0.6) is 0 Å². The van der Waals surface area contributed by atoms with Crippen LogP contribution in [-0.4, -0.2) is 15.3 Å². The zero-order valence-electron chi connectivity index (χ0n) is 8.60. The summed E-state index contributed by atoms with van der Waals surface area (Å²) < 4.78 is 5.37. The smallest absolute Gasteiger partial charge is 0.244 e. The Labute approximate surface area is 83.3 Å². The molecule has 0 aromatic carbocycles. The summed E-state index contributed by atoms with van der Waals surface area (Å²) in [5, 5.41) is 17.0. The number of aliphatic hydroxyl groups excluding tert-OH is 1. The normalized spacial score (nSPS) is 28.5. The van der Waals surface area contributed by atoms with Gasteiger partial charge < -0.3 is 9.52 Å². The van der Waals surface area contributed by atoms with Crippen LogP contribution in [0, 0.1) is 5.92 Å². The monoisotopic (exact) mass is 196 g/mol. The Morgan fingerprint density at radius 2 is 2.21 bits per heavy atom. The summed E-state index contributed by atoms with van der Waals surface area (Å²) in [5.74, 6) is 2.28. The van der Waals surface area contributed by atoms with Crippen LogP contribution in [0.1, 0.15) is 56.9 Å². The summed E-state index contributed by atoms with van der Waals surface area (Å²) in [6.45, 7) is 3.84. The van der Waals surface area contributed by atoms with Gasteiger partial charge in [0.15, 0.2) is 0 Å². The Balaban J connectivity index is 1.98. The molecule has 1 aliphatic rings. The first-order chi connectivity index (χ1) is 6.70. The molecule has 4 heteroatoms. The summed E-state index contributed by atoms with van der Waals surface area (Å²) >= 11 is 0. The molecular formula is C10H16N2O2. The highest BCUT2D eigenvalue weighted by molar-refractivity contribution is 4.99. The van der Waals surface area contributed by atoms with Gasteiger partial charge in [0.05, 0.1) is 0 Å². The first-order valence-electron chi connectivity index (χ1n) is 5.22. The van der Waals surface area contributed by atoms with E-state index in [0.29, 0.717) is 17.7 Å². The van der Waals surface area contributed by atoms with E-state index in [0.717, 1.165) is 18.8 Å². The van der Waals surface area contributed by atoms with Crippen molar-refractivity contribution in [2.24, 2.45) is 5.92 Å². The molecule has 1 aliphatic carbocycles. The summed E-state index contributed by atoms with van der Waals surface area (Å²) in [6.07, 6.45) is 2.88. The van der Waals surface area contributed by atoms with Crippen molar-refractivity contribution in [1.29, 1.82) is 0 Å². The first kappa shape index (κ1) is 9.65. The minimum Gasteiger partial charge on any atom is -0.422 e. The topological polar surface area (TPSA) is 59.2 Å². The molecule has 1 saturated carbocycles. The average Bonchev–Trinajstić information content (AvgIpc) is 2.51.